The summed E-state index contributed by atoms with van der Waals surface area (Å²) in [6.45, 7) is 2.85. The third kappa shape index (κ3) is 5.89. The van der Waals surface area contributed by atoms with Crippen LogP contribution in [0.3, 0.4) is 0 Å². The molecule has 23 heavy (non-hydrogen) atoms. The van der Waals surface area contributed by atoms with E-state index in [9.17, 15) is 9.90 Å². The van der Waals surface area contributed by atoms with Crippen molar-refractivity contribution in [3.8, 4) is 11.8 Å². The van der Waals surface area contributed by atoms with Gasteiger partial charge in [-0.15, -0.1) is 0 Å². The van der Waals surface area contributed by atoms with Gasteiger partial charge in [0.25, 0.3) is 0 Å². The third-order valence-corrected chi connectivity index (χ3v) is 3.78. The molecule has 1 aromatic carbocycles. The van der Waals surface area contributed by atoms with Crippen LogP contribution in [0, 0.1) is 11.3 Å². The van der Waals surface area contributed by atoms with Gasteiger partial charge in [0.2, 0.25) is 5.91 Å². The Labute approximate surface area is 136 Å². The molecule has 6 nitrogen and oxygen atoms in total. The molecule has 0 aromatic heterocycles. The molecule has 0 aliphatic carbocycles. The summed E-state index contributed by atoms with van der Waals surface area (Å²) in [6, 6.07) is 8.78. The lowest BCUT2D eigenvalue weighted by Gasteiger charge is -2.16. The Hall–Kier alpha value is -2.10. The lowest BCUT2D eigenvalue weighted by Crippen LogP contribution is -2.35. The van der Waals surface area contributed by atoms with Crippen LogP contribution < -0.4 is 10.1 Å². The molecule has 6 heteroatoms. The minimum atomic E-state index is -0.646. The molecular formula is C17H23N3O3. The highest BCUT2D eigenvalue weighted by molar-refractivity contribution is 5.76. The molecule has 124 valence electrons. The number of rotatable bonds is 8. The maximum absolute atomic E-state index is 11.8. The number of ether oxygens (including phenoxy) is 1. The predicted octanol–water partition coefficient (Wildman–Crippen LogP) is 0.900. The van der Waals surface area contributed by atoms with Gasteiger partial charge in [-0.25, -0.2) is 0 Å². The largest absolute Gasteiger partial charge is 0.491 e. The van der Waals surface area contributed by atoms with Crippen molar-refractivity contribution in [2.45, 2.75) is 25.4 Å². The molecule has 1 atom stereocenters. The van der Waals surface area contributed by atoms with Crippen molar-refractivity contribution in [2.24, 2.45) is 0 Å². The van der Waals surface area contributed by atoms with Gasteiger partial charge < -0.3 is 20.1 Å². The molecule has 1 heterocycles. The SMILES string of the molecule is N#Cc1ccc(OC[C@@H](O)CNCCC(=O)N2CCCC2)cc1. The highest BCUT2D eigenvalue weighted by Gasteiger charge is 2.17. The number of hydrogen-bond acceptors (Lipinski definition) is 5. The van der Waals surface area contributed by atoms with Crippen LogP contribution in [-0.2, 0) is 4.79 Å². The van der Waals surface area contributed by atoms with Crippen LogP contribution in [0.4, 0.5) is 0 Å². The lowest BCUT2D eigenvalue weighted by molar-refractivity contribution is -0.130. The van der Waals surface area contributed by atoms with Gasteiger partial charge in [0.1, 0.15) is 18.5 Å². The van der Waals surface area contributed by atoms with Gasteiger partial charge in [-0.1, -0.05) is 0 Å². The molecule has 1 amide bonds. The zero-order valence-corrected chi connectivity index (χ0v) is 13.2. The van der Waals surface area contributed by atoms with Crippen LogP contribution in [0.2, 0.25) is 0 Å². The smallest absolute Gasteiger partial charge is 0.223 e. The van der Waals surface area contributed by atoms with Crippen LogP contribution in [0.25, 0.3) is 0 Å². The van der Waals surface area contributed by atoms with Gasteiger partial charge in [-0.05, 0) is 37.1 Å². The Bertz CT molecular complexity index is 533. The summed E-state index contributed by atoms with van der Waals surface area (Å²) in [6.07, 6.45) is 2.02. The maximum atomic E-state index is 11.8. The summed E-state index contributed by atoms with van der Waals surface area (Å²) >= 11 is 0. The Morgan fingerprint density at radius 3 is 2.70 bits per heavy atom. The molecule has 2 rings (SSSR count). The van der Waals surface area contributed by atoms with Crippen LogP contribution in [0.1, 0.15) is 24.8 Å². The van der Waals surface area contributed by atoms with Gasteiger partial charge in [-0.3, -0.25) is 4.79 Å². The van der Waals surface area contributed by atoms with E-state index >= 15 is 0 Å². The summed E-state index contributed by atoms with van der Waals surface area (Å²) in [5.41, 5.74) is 0.572. The normalized spacial score (nSPS) is 15.2. The second-order valence-electron chi connectivity index (χ2n) is 5.64. The molecular weight excluding hydrogens is 294 g/mol. The van der Waals surface area contributed by atoms with E-state index in [1.807, 2.05) is 11.0 Å². The molecule has 0 unspecified atom stereocenters. The summed E-state index contributed by atoms with van der Waals surface area (Å²) < 4.78 is 5.45. The standard InChI is InChI=1S/C17H23N3O3/c18-11-14-3-5-16(6-4-14)23-13-15(21)12-19-8-7-17(22)20-9-1-2-10-20/h3-6,15,19,21H,1-2,7-10,12-13H2/t15-/m0/s1. The first-order valence-corrected chi connectivity index (χ1v) is 7.98. The van der Waals surface area contributed by atoms with E-state index in [1.54, 1.807) is 24.3 Å². The van der Waals surface area contributed by atoms with Crippen molar-refractivity contribution in [3.05, 3.63) is 29.8 Å². The van der Waals surface area contributed by atoms with E-state index in [-0.39, 0.29) is 12.5 Å². The molecule has 1 aliphatic rings. The van der Waals surface area contributed by atoms with Gasteiger partial charge in [0.15, 0.2) is 0 Å². The first-order valence-electron chi connectivity index (χ1n) is 7.98. The fourth-order valence-electron chi connectivity index (χ4n) is 2.47. The highest BCUT2D eigenvalue weighted by atomic mass is 16.5. The summed E-state index contributed by atoms with van der Waals surface area (Å²) in [5.74, 6) is 0.797. The number of nitriles is 1. The minimum Gasteiger partial charge on any atom is -0.491 e. The number of nitrogens with one attached hydrogen (secondary N) is 1. The molecule has 1 fully saturated rings. The fraction of sp³-hybridized carbons (Fsp3) is 0.529. The second-order valence-corrected chi connectivity index (χ2v) is 5.64. The van der Waals surface area contributed by atoms with E-state index < -0.39 is 6.10 Å². The lowest BCUT2D eigenvalue weighted by atomic mass is 10.2. The van der Waals surface area contributed by atoms with Crippen LogP contribution in [0.15, 0.2) is 24.3 Å². The fourth-order valence-corrected chi connectivity index (χ4v) is 2.47. The maximum Gasteiger partial charge on any atom is 0.223 e. The Balaban J connectivity index is 1.56. The number of benzene rings is 1. The van der Waals surface area contributed by atoms with Crippen molar-refractivity contribution in [1.82, 2.24) is 10.2 Å². The predicted molar refractivity (Wildman–Crippen MR) is 86.0 cm³/mol. The monoisotopic (exact) mass is 317 g/mol. The Kier molecular flexibility index (Phi) is 6.85. The summed E-state index contributed by atoms with van der Waals surface area (Å²) in [4.78, 5) is 13.7. The Morgan fingerprint density at radius 1 is 1.35 bits per heavy atom. The average molecular weight is 317 g/mol. The quantitative estimate of drug-likeness (QED) is 0.696. The molecule has 0 radical (unpaired) electrons. The van der Waals surface area contributed by atoms with Crippen LogP contribution in [0.5, 0.6) is 5.75 Å². The number of aliphatic hydroxyl groups excluding tert-OH is 1. The van der Waals surface area contributed by atoms with Crippen molar-refractivity contribution in [2.75, 3.05) is 32.8 Å². The minimum absolute atomic E-state index is 0.166. The number of likely N-dealkylation sites (tertiary alicyclic amines) is 1. The van der Waals surface area contributed by atoms with Gasteiger partial charge in [0.05, 0.1) is 11.6 Å². The number of carbonyl (C=O) groups is 1. The van der Waals surface area contributed by atoms with E-state index in [1.165, 1.54) is 0 Å². The zero-order valence-electron chi connectivity index (χ0n) is 13.2. The van der Waals surface area contributed by atoms with E-state index in [0.717, 1.165) is 25.9 Å². The first kappa shape index (κ1) is 17.3. The molecule has 0 bridgehead atoms. The Morgan fingerprint density at radius 2 is 2.04 bits per heavy atom. The van der Waals surface area contributed by atoms with Crippen molar-refractivity contribution >= 4 is 5.91 Å². The highest BCUT2D eigenvalue weighted by Crippen LogP contribution is 2.11. The van der Waals surface area contributed by atoms with Gasteiger partial charge in [0, 0.05) is 32.6 Å². The van der Waals surface area contributed by atoms with E-state index in [2.05, 4.69) is 5.32 Å². The number of hydrogen-bond donors (Lipinski definition) is 2. The van der Waals surface area contributed by atoms with Crippen LogP contribution in [-0.4, -0.2) is 54.8 Å². The second kappa shape index (κ2) is 9.13. The van der Waals surface area contributed by atoms with Crippen molar-refractivity contribution in [3.63, 3.8) is 0 Å². The third-order valence-electron chi connectivity index (χ3n) is 3.78. The summed E-state index contributed by atoms with van der Waals surface area (Å²) in [7, 11) is 0. The molecule has 0 spiro atoms. The topological polar surface area (TPSA) is 85.6 Å². The summed E-state index contributed by atoms with van der Waals surface area (Å²) in [5, 5.41) is 21.6. The number of aliphatic hydroxyl groups is 1. The van der Waals surface area contributed by atoms with Gasteiger partial charge in [-0.2, -0.15) is 5.26 Å². The van der Waals surface area contributed by atoms with Crippen molar-refractivity contribution in [1.29, 1.82) is 5.26 Å². The number of carbonyl (C=O) groups excluding carboxylic acids is 1. The molecule has 1 saturated heterocycles. The number of nitrogens with zero attached hydrogens (tertiary/aromatic N) is 2. The van der Waals surface area contributed by atoms with Gasteiger partial charge >= 0.3 is 0 Å². The zero-order chi connectivity index (χ0) is 16.5. The molecule has 2 N–H and O–H groups in total. The molecule has 0 saturated carbocycles. The van der Waals surface area contributed by atoms with E-state index in [4.69, 9.17) is 10.00 Å². The van der Waals surface area contributed by atoms with Crippen molar-refractivity contribution < 1.29 is 14.6 Å². The van der Waals surface area contributed by atoms with E-state index in [0.29, 0.717) is 30.8 Å². The van der Waals surface area contributed by atoms with Crippen LogP contribution >= 0.6 is 0 Å². The molecule has 1 aromatic rings. The number of amides is 1. The first-order chi connectivity index (χ1) is 11.2. The average Bonchev–Trinajstić information content (AvgIpc) is 3.12. The molecule has 1 aliphatic heterocycles.